The smallest absolute Gasteiger partial charge is 0.435 e. The molecule has 3 aliphatic rings. The van der Waals surface area contributed by atoms with Gasteiger partial charge in [0.2, 0.25) is 11.8 Å². The average Bonchev–Trinajstić information content (AvgIpc) is 3.33. The number of carbonyl (C=O) groups excluding carboxylic acids is 3. The van der Waals surface area contributed by atoms with E-state index in [2.05, 4.69) is 19.5 Å². The highest BCUT2D eigenvalue weighted by Crippen LogP contribution is 2.38. The first-order valence-corrected chi connectivity index (χ1v) is 14.8. The van der Waals surface area contributed by atoms with E-state index in [1.54, 1.807) is 48.5 Å². The molecule has 18 heteroatoms. The number of ether oxygens (including phenoxy) is 2. The number of carbonyl (C=O) groups is 3. The van der Waals surface area contributed by atoms with Crippen molar-refractivity contribution in [3.63, 3.8) is 0 Å². The molecule has 3 fully saturated rings. The molecular weight excluding hydrogens is 578 g/mol. The molecule has 0 aromatic carbocycles. The lowest BCUT2D eigenvalue weighted by molar-refractivity contribution is -0.0317. The molecular formula is C24H37N7O10S. The Morgan fingerprint density at radius 1 is 1.07 bits per heavy atom. The van der Waals surface area contributed by atoms with Crippen LogP contribution in [0.3, 0.4) is 0 Å². The normalized spacial score (nSPS) is 21.9. The molecule has 3 saturated heterocycles. The largest absolute Gasteiger partial charge is 0.444 e. The van der Waals surface area contributed by atoms with E-state index in [0.717, 1.165) is 0 Å². The molecule has 2 bridgehead atoms. The second kappa shape index (κ2) is 11.3. The van der Waals surface area contributed by atoms with E-state index in [1.165, 1.54) is 9.80 Å². The third-order valence-corrected chi connectivity index (χ3v) is 6.95. The summed E-state index contributed by atoms with van der Waals surface area (Å²) in [4.78, 5) is 46.6. The molecule has 234 valence electrons. The number of amides is 4. The Labute approximate surface area is 243 Å². The fourth-order valence-corrected chi connectivity index (χ4v) is 5.16. The maximum absolute atomic E-state index is 13.2. The molecule has 4 heterocycles. The van der Waals surface area contributed by atoms with Gasteiger partial charge in [-0.2, -0.15) is 18.5 Å². The van der Waals surface area contributed by atoms with Gasteiger partial charge in [0.15, 0.2) is 0 Å². The van der Waals surface area contributed by atoms with Crippen LogP contribution in [0, 0.1) is 0 Å². The molecule has 0 spiro atoms. The van der Waals surface area contributed by atoms with Crippen LogP contribution >= 0.6 is 0 Å². The number of likely N-dealkylation sites (tertiary alicyclic amines) is 1. The standard InChI is InChI=1S/C24H37N7O10S/c1-14(25-20(32)39-23(2,3)4)28-10-16(11-28)29(22(34)40-24(5,6)7)13-18-26-27-19(38-18)17-9-8-15-12-30(17)21(33)31(15)41-42(35,36)37/h15-17H,8-13H2,1-7H3,(H,35,36,37)/t15-,17+/m1/s1. The summed E-state index contributed by atoms with van der Waals surface area (Å²) in [6, 6.07) is -2.29. The van der Waals surface area contributed by atoms with Crippen molar-refractivity contribution >= 4 is 34.5 Å². The van der Waals surface area contributed by atoms with Gasteiger partial charge in [-0.1, -0.05) is 0 Å². The Bertz CT molecular complexity index is 1340. The minimum absolute atomic E-state index is 0.0794. The highest BCUT2D eigenvalue weighted by Gasteiger charge is 2.49. The molecule has 1 N–H and O–H groups in total. The van der Waals surface area contributed by atoms with Crippen molar-refractivity contribution in [2.45, 2.75) is 97.2 Å². The van der Waals surface area contributed by atoms with Gasteiger partial charge >= 0.3 is 28.6 Å². The lowest BCUT2D eigenvalue weighted by atomic mass is 10.0. The number of piperidine rings is 1. The van der Waals surface area contributed by atoms with E-state index in [0.29, 0.717) is 36.8 Å². The predicted molar refractivity (Wildman–Crippen MR) is 143 cm³/mol. The first-order valence-electron chi connectivity index (χ1n) is 13.4. The average molecular weight is 616 g/mol. The van der Waals surface area contributed by atoms with Crippen LogP contribution in [-0.4, -0.2) is 110 Å². The summed E-state index contributed by atoms with van der Waals surface area (Å²) in [5.41, 5.74) is -1.44. The zero-order valence-corrected chi connectivity index (χ0v) is 25.5. The topological polar surface area (TPSA) is 198 Å². The maximum Gasteiger partial charge on any atom is 0.435 e. The predicted octanol–water partition coefficient (Wildman–Crippen LogP) is 2.52. The van der Waals surface area contributed by atoms with Crippen LogP contribution < -0.4 is 0 Å². The summed E-state index contributed by atoms with van der Waals surface area (Å²) in [6.07, 6.45) is -0.551. The molecule has 0 saturated carbocycles. The highest BCUT2D eigenvalue weighted by atomic mass is 32.3. The van der Waals surface area contributed by atoms with Crippen molar-refractivity contribution in [1.29, 1.82) is 0 Å². The van der Waals surface area contributed by atoms with Crippen molar-refractivity contribution < 1.29 is 45.5 Å². The molecule has 0 aliphatic carbocycles. The lowest BCUT2D eigenvalue weighted by Gasteiger charge is -2.45. The molecule has 2 atom stereocenters. The fourth-order valence-electron chi connectivity index (χ4n) is 4.77. The van der Waals surface area contributed by atoms with Crippen molar-refractivity contribution in [2.24, 2.45) is 4.99 Å². The number of aliphatic imine (C=N–C) groups is 1. The second-order valence-corrected chi connectivity index (χ2v) is 13.4. The zero-order valence-electron chi connectivity index (χ0n) is 24.6. The van der Waals surface area contributed by atoms with Crippen molar-refractivity contribution in [3.8, 4) is 0 Å². The Kier molecular flexibility index (Phi) is 8.45. The van der Waals surface area contributed by atoms with E-state index in [1.807, 2.05) is 4.90 Å². The van der Waals surface area contributed by atoms with Gasteiger partial charge in [-0.15, -0.1) is 14.5 Å². The number of rotatable bonds is 6. The summed E-state index contributed by atoms with van der Waals surface area (Å²) in [5.74, 6) is 0.668. The molecule has 0 radical (unpaired) electrons. The van der Waals surface area contributed by atoms with Gasteiger partial charge in [0.25, 0.3) is 0 Å². The molecule has 1 aromatic heterocycles. The summed E-state index contributed by atoms with van der Waals surface area (Å²) in [6.45, 7) is 13.0. The van der Waals surface area contributed by atoms with E-state index in [9.17, 15) is 22.8 Å². The minimum Gasteiger partial charge on any atom is -0.444 e. The SMILES string of the molecule is CC(=NC(=O)OC(C)(C)C)N1CC(N(Cc2nnc([C@@H]3CC[C@@H]4CN3C(=O)N4OS(=O)(=O)O)o2)C(=O)OC(C)(C)C)C1. The van der Waals surface area contributed by atoms with Gasteiger partial charge in [-0.25, -0.2) is 14.4 Å². The fraction of sp³-hybridized carbons (Fsp3) is 0.750. The van der Waals surface area contributed by atoms with E-state index >= 15 is 0 Å². The van der Waals surface area contributed by atoms with Gasteiger partial charge in [0.1, 0.15) is 29.6 Å². The number of hydrogen-bond donors (Lipinski definition) is 1. The Hall–Kier alpha value is -3.51. The summed E-state index contributed by atoms with van der Waals surface area (Å²) >= 11 is 0. The zero-order chi connectivity index (χ0) is 31.2. The minimum atomic E-state index is -4.88. The first kappa shape index (κ1) is 31.4. The molecule has 1 aromatic rings. The van der Waals surface area contributed by atoms with Crippen molar-refractivity contribution in [3.05, 3.63) is 11.8 Å². The highest BCUT2D eigenvalue weighted by molar-refractivity contribution is 7.80. The lowest BCUT2D eigenvalue weighted by Crippen LogP contribution is -2.62. The van der Waals surface area contributed by atoms with Crippen LogP contribution in [-0.2, 0) is 30.7 Å². The van der Waals surface area contributed by atoms with Gasteiger partial charge in [-0.3, -0.25) is 9.45 Å². The van der Waals surface area contributed by atoms with Gasteiger partial charge in [0, 0.05) is 19.6 Å². The van der Waals surface area contributed by atoms with Crippen LogP contribution in [0.5, 0.6) is 0 Å². The number of urea groups is 1. The third-order valence-electron chi connectivity index (χ3n) is 6.61. The molecule has 17 nitrogen and oxygen atoms in total. The summed E-state index contributed by atoms with van der Waals surface area (Å²) in [5, 5.41) is 8.80. The van der Waals surface area contributed by atoms with Gasteiger partial charge in [0.05, 0.1) is 12.1 Å². The van der Waals surface area contributed by atoms with Crippen LogP contribution in [0.15, 0.2) is 9.41 Å². The molecule has 0 unspecified atom stereocenters. The van der Waals surface area contributed by atoms with Crippen LogP contribution in [0.2, 0.25) is 0 Å². The number of nitrogens with zero attached hydrogens (tertiary/aromatic N) is 7. The van der Waals surface area contributed by atoms with Crippen molar-refractivity contribution in [2.75, 3.05) is 19.6 Å². The van der Waals surface area contributed by atoms with Crippen molar-refractivity contribution in [1.82, 2.24) is 30.0 Å². The number of fused-ring (bicyclic) bond motifs is 2. The Morgan fingerprint density at radius 3 is 2.31 bits per heavy atom. The van der Waals surface area contributed by atoms with E-state index in [-0.39, 0.29) is 30.9 Å². The van der Waals surface area contributed by atoms with Gasteiger partial charge in [-0.05, 0) is 61.3 Å². The number of amidine groups is 1. The Balaban J connectivity index is 1.44. The number of aromatic nitrogens is 2. The molecule has 4 amide bonds. The van der Waals surface area contributed by atoms with Crippen LogP contribution in [0.1, 0.15) is 79.1 Å². The summed E-state index contributed by atoms with van der Waals surface area (Å²) in [7, 11) is -4.88. The van der Waals surface area contributed by atoms with E-state index < -0.39 is 51.9 Å². The maximum atomic E-state index is 13.2. The quantitative estimate of drug-likeness (QED) is 0.278. The second-order valence-electron chi connectivity index (χ2n) is 12.4. The summed E-state index contributed by atoms with van der Waals surface area (Å²) < 4.78 is 52.5. The third kappa shape index (κ3) is 7.65. The first-order chi connectivity index (χ1) is 19.3. The van der Waals surface area contributed by atoms with E-state index in [4.69, 9.17) is 18.4 Å². The Morgan fingerprint density at radius 2 is 1.71 bits per heavy atom. The van der Waals surface area contributed by atoms with Crippen LogP contribution in [0.4, 0.5) is 14.4 Å². The molecule has 4 rings (SSSR count). The number of hydrogen-bond acceptors (Lipinski definition) is 11. The molecule has 3 aliphatic heterocycles. The monoisotopic (exact) mass is 615 g/mol. The van der Waals surface area contributed by atoms with Crippen LogP contribution in [0.25, 0.3) is 0 Å². The number of hydroxylamine groups is 2. The molecule has 42 heavy (non-hydrogen) atoms. The van der Waals surface area contributed by atoms with Gasteiger partial charge < -0.3 is 23.7 Å².